The van der Waals surface area contributed by atoms with Crippen LogP contribution in [0.1, 0.15) is 43.1 Å². The van der Waals surface area contributed by atoms with Crippen LogP contribution in [-0.2, 0) is 5.41 Å². The second-order valence-corrected chi connectivity index (χ2v) is 7.65. The van der Waals surface area contributed by atoms with Gasteiger partial charge in [0.2, 0.25) is 0 Å². The Morgan fingerprint density at radius 1 is 1.33 bits per heavy atom. The second kappa shape index (κ2) is 7.77. The van der Waals surface area contributed by atoms with Gasteiger partial charge in [0.1, 0.15) is 11.0 Å². The first-order valence-electron chi connectivity index (χ1n) is 7.96. The van der Waals surface area contributed by atoms with Crippen molar-refractivity contribution in [1.82, 2.24) is 15.2 Å². The number of amides is 2. The fourth-order valence-corrected chi connectivity index (χ4v) is 3.30. The van der Waals surface area contributed by atoms with Gasteiger partial charge in [-0.1, -0.05) is 51.1 Å². The lowest BCUT2D eigenvalue weighted by Gasteiger charge is -2.22. The topological polar surface area (TPSA) is 65.5 Å². The lowest BCUT2D eigenvalue weighted by molar-refractivity contribution is 0.188. The number of nitrogens with one attached hydrogen (secondary N) is 1. The first-order valence-corrected chi connectivity index (χ1v) is 8.84. The van der Waals surface area contributed by atoms with Crippen LogP contribution in [0.5, 0.6) is 0 Å². The van der Waals surface area contributed by atoms with E-state index in [9.17, 15) is 4.79 Å². The molecule has 0 spiro atoms. The molecule has 1 unspecified atom stereocenters. The van der Waals surface area contributed by atoms with E-state index in [0.29, 0.717) is 6.54 Å². The molecule has 2 rings (SSSR count). The van der Waals surface area contributed by atoms with Crippen LogP contribution in [0.2, 0.25) is 0 Å². The van der Waals surface area contributed by atoms with E-state index in [2.05, 4.69) is 31.5 Å². The molecule has 2 amide bonds. The summed E-state index contributed by atoms with van der Waals surface area (Å²) in [5, 5.41) is 14.9. The molecule has 1 aromatic carbocycles. The van der Waals surface area contributed by atoms with Gasteiger partial charge in [-0.2, -0.15) is 0 Å². The van der Waals surface area contributed by atoms with Crippen molar-refractivity contribution in [2.24, 2.45) is 0 Å². The SMILES string of the molecule is CN(CCO)C(=O)NC(c1ccccc1)c1nc(C(C)(C)C)cs1. The molecule has 2 N–H and O–H groups in total. The van der Waals surface area contributed by atoms with Crippen molar-refractivity contribution in [2.75, 3.05) is 20.2 Å². The summed E-state index contributed by atoms with van der Waals surface area (Å²) in [7, 11) is 1.66. The molecule has 1 aromatic heterocycles. The Morgan fingerprint density at radius 2 is 2.00 bits per heavy atom. The maximum Gasteiger partial charge on any atom is 0.318 e. The average molecular weight is 347 g/mol. The molecule has 2 aromatic rings. The zero-order valence-corrected chi connectivity index (χ0v) is 15.4. The van der Waals surface area contributed by atoms with Crippen LogP contribution in [0.15, 0.2) is 35.7 Å². The van der Waals surface area contributed by atoms with Crippen LogP contribution >= 0.6 is 11.3 Å². The van der Waals surface area contributed by atoms with Crippen molar-refractivity contribution < 1.29 is 9.90 Å². The maximum absolute atomic E-state index is 12.4. The average Bonchev–Trinajstić information content (AvgIpc) is 3.03. The monoisotopic (exact) mass is 347 g/mol. The van der Waals surface area contributed by atoms with Gasteiger partial charge >= 0.3 is 6.03 Å². The number of aliphatic hydroxyl groups is 1. The molecule has 0 aliphatic rings. The Bertz CT molecular complexity index is 664. The molecule has 0 aliphatic heterocycles. The molecular formula is C18H25N3O2S. The number of thiazole rings is 1. The van der Waals surface area contributed by atoms with Gasteiger partial charge in [-0.3, -0.25) is 0 Å². The van der Waals surface area contributed by atoms with Gasteiger partial charge in [-0.25, -0.2) is 9.78 Å². The first-order chi connectivity index (χ1) is 11.3. The molecule has 0 saturated heterocycles. The van der Waals surface area contributed by atoms with E-state index in [1.54, 1.807) is 18.4 Å². The summed E-state index contributed by atoms with van der Waals surface area (Å²) in [6.07, 6.45) is 0. The van der Waals surface area contributed by atoms with Crippen LogP contribution in [0.3, 0.4) is 0 Å². The number of likely N-dealkylation sites (N-methyl/N-ethyl adjacent to an activating group) is 1. The Labute approximate surface area is 147 Å². The zero-order chi connectivity index (χ0) is 17.7. The van der Waals surface area contributed by atoms with Crippen molar-refractivity contribution in [3.63, 3.8) is 0 Å². The number of carbonyl (C=O) groups excluding carboxylic acids is 1. The van der Waals surface area contributed by atoms with E-state index >= 15 is 0 Å². The summed E-state index contributed by atoms with van der Waals surface area (Å²) in [5.74, 6) is 0. The standard InChI is InChI=1S/C18H25N3O2S/c1-18(2,3)14-12-24-16(19-14)15(13-8-6-5-7-9-13)20-17(23)21(4)10-11-22/h5-9,12,15,22H,10-11H2,1-4H3,(H,20,23). The van der Waals surface area contributed by atoms with Crippen molar-refractivity contribution >= 4 is 17.4 Å². The summed E-state index contributed by atoms with van der Waals surface area (Å²) in [4.78, 5) is 18.6. The Hall–Kier alpha value is -1.92. The molecule has 1 atom stereocenters. The van der Waals surface area contributed by atoms with E-state index < -0.39 is 0 Å². The summed E-state index contributed by atoms with van der Waals surface area (Å²) in [6, 6.07) is 9.27. The highest BCUT2D eigenvalue weighted by molar-refractivity contribution is 7.09. The molecule has 6 heteroatoms. The number of urea groups is 1. The second-order valence-electron chi connectivity index (χ2n) is 6.76. The minimum absolute atomic E-state index is 0.0341. The molecule has 1 heterocycles. The number of hydrogen-bond donors (Lipinski definition) is 2. The predicted molar refractivity (Wildman–Crippen MR) is 97.3 cm³/mol. The van der Waals surface area contributed by atoms with Gasteiger partial charge in [-0.05, 0) is 5.56 Å². The third-order valence-electron chi connectivity index (χ3n) is 3.72. The van der Waals surface area contributed by atoms with Gasteiger partial charge in [0.25, 0.3) is 0 Å². The summed E-state index contributed by atoms with van der Waals surface area (Å²) < 4.78 is 0. The van der Waals surface area contributed by atoms with E-state index in [0.717, 1.165) is 16.3 Å². The quantitative estimate of drug-likeness (QED) is 0.873. The minimum Gasteiger partial charge on any atom is -0.395 e. The van der Waals surface area contributed by atoms with Crippen LogP contribution < -0.4 is 5.32 Å². The van der Waals surface area contributed by atoms with Gasteiger partial charge < -0.3 is 15.3 Å². The Kier molecular flexibility index (Phi) is 5.96. The number of hydrogen-bond acceptors (Lipinski definition) is 4. The van der Waals surface area contributed by atoms with E-state index in [-0.39, 0.29) is 24.1 Å². The summed E-state index contributed by atoms with van der Waals surface area (Å²) in [6.45, 7) is 6.59. The Balaban J connectivity index is 2.30. The van der Waals surface area contributed by atoms with Gasteiger partial charge in [0.05, 0.1) is 12.3 Å². The number of nitrogens with zero attached hydrogens (tertiary/aromatic N) is 2. The zero-order valence-electron chi connectivity index (χ0n) is 14.6. The molecule has 0 radical (unpaired) electrons. The molecule has 0 bridgehead atoms. The molecule has 130 valence electrons. The highest BCUT2D eigenvalue weighted by Gasteiger charge is 2.24. The van der Waals surface area contributed by atoms with Crippen molar-refractivity contribution in [3.05, 3.63) is 52.0 Å². The molecule has 24 heavy (non-hydrogen) atoms. The summed E-state index contributed by atoms with van der Waals surface area (Å²) in [5.41, 5.74) is 1.97. The molecule has 5 nitrogen and oxygen atoms in total. The Morgan fingerprint density at radius 3 is 2.54 bits per heavy atom. The molecule has 0 saturated carbocycles. The summed E-state index contributed by atoms with van der Waals surface area (Å²) >= 11 is 1.55. The van der Waals surface area contributed by atoms with Crippen molar-refractivity contribution in [1.29, 1.82) is 0 Å². The maximum atomic E-state index is 12.4. The highest BCUT2D eigenvalue weighted by atomic mass is 32.1. The van der Waals surface area contributed by atoms with Crippen LogP contribution in [0, 0.1) is 0 Å². The van der Waals surface area contributed by atoms with Gasteiger partial charge in [0, 0.05) is 24.4 Å². The number of aromatic nitrogens is 1. The van der Waals surface area contributed by atoms with Crippen molar-refractivity contribution in [3.8, 4) is 0 Å². The number of benzene rings is 1. The minimum atomic E-state index is -0.305. The largest absolute Gasteiger partial charge is 0.395 e. The molecule has 0 fully saturated rings. The van der Waals surface area contributed by atoms with Crippen LogP contribution in [0.25, 0.3) is 0 Å². The highest BCUT2D eigenvalue weighted by Crippen LogP contribution is 2.30. The molecular weight excluding hydrogens is 322 g/mol. The lowest BCUT2D eigenvalue weighted by atomic mass is 9.93. The van der Waals surface area contributed by atoms with Crippen LogP contribution in [-0.4, -0.2) is 41.2 Å². The first kappa shape index (κ1) is 18.4. The fraction of sp³-hybridized carbons (Fsp3) is 0.444. The van der Waals surface area contributed by atoms with E-state index in [1.807, 2.05) is 30.3 Å². The number of rotatable bonds is 5. The number of carbonyl (C=O) groups is 1. The lowest BCUT2D eigenvalue weighted by Crippen LogP contribution is -2.41. The fourth-order valence-electron chi connectivity index (χ4n) is 2.18. The third-order valence-corrected chi connectivity index (χ3v) is 4.63. The van der Waals surface area contributed by atoms with Gasteiger partial charge in [-0.15, -0.1) is 11.3 Å². The van der Waals surface area contributed by atoms with Crippen LogP contribution in [0.4, 0.5) is 4.79 Å². The molecule has 0 aliphatic carbocycles. The predicted octanol–water partition coefficient (Wildman–Crippen LogP) is 3.16. The van der Waals surface area contributed by atoms with E-state index in [4.69, 9.17) is 10.1 Å². The smallest absolute Gasteiger partial charge is 0.318 e. The number of aliphatic hydroxyl groups excluding tert-OH is 1. The van der Waals surface area contributed by atoms with E-state index in [1.165, 1.54) is 4.90 Å². The third kappa shape index (κ3) is 4.55. The van der Waals surface area contributed by atoms with Crippen molar-refractivity contribution in [2.45, 2.75) is 32.2 Å². The normalized spacial score (nSPS) is 12.7. The van der Waals surface area contributed by atoms with Gasteiger partial charge in [0.15, 0.2) is 0 Å².